The Morgan fingerprint density at radius 2 is 2.00 bits per heavy atom. The van der Waals surface area contributed by atoms with Crippen molar-refractivity contribution < 1.29 is 14.4 Å². The molecular formula is C5H10O3Si. The van der Waals surface area contributed by atoms with E-state index in [1.54, 1.807) is 6.08 Å². The maximum absolute atomic E-state index is 8.72. The van der Waals surface area contributed by atoms with Gasteiger partial charge in [0, 0.05) is 5.54 Å². The van der Waals surface area contributed by atoms with Crippen molar-refractivity contribution in [2.24, 2.45) is 0 Å². The molecule has 0 aromatic heterocycles. The first-order valence-corrected chi connectivity index (χ1v) is 4.86. The zero-order chi connectivity index (χ0) is 6.91. The molecule has 0 aliphatic heterocycles. The Hall–Kier alpha value is -0.163. The normalized spacial score (nSPS) is 27.2. The van der Waals surface area contributed by atoms with Gasteiger partial charge in [0.2, 0.25) is 0 Å². The van der Waals surface area contributed by atoms with E-state index < -0.39 is 8.80 Å². The van der Waals surface area contributed by atoms with Crippen LogP contribution in [0.1, 0.15) is 12.8 Å². The summed E-state index contributed by atoms with van der Waals surface area (Å²) in [6, 6.07) is 0. The third-order valence-electron chi connectivity index (χ3n) is 1.51. The summed E-state index contributed by atoms with van der Waals surface area (Å²) < 4.78 is 0. The van der Waals surface area contributed by atoms with Gasteiger partial charge in [0.15, 0.2) is 0 Å². The lowest BCUT2D eigenvalue weighted by molar-refractivity contribution is 0.217. The molecule has 52 valence electrons. The molecule has 0 spiro atoms. The maximum atomic E-state index is 8.72. The van der Waals surface area contributed by atoms with E-state index in [9.17, 15) is 0 Å². The van der Waals surface area contributed by atoms with Gasteiger partial charge < -0.3 is 14.4 Å². The SMILES string of the molecule is O[Si](O)(O)C1C=CCC1. The van der Waals surface area contributed by atoms with E-state index >= 15 is 0 Å². The fraction of sp³-hybridized carbons (Fsp3) is 0.600. The second kappa shape index (κ2) is 2.22. The zero-order valence-electron chi connectivity index (χ0n) is 4.99. The van der Waals surface area contributed by atoms with Gasteiger partial charge in [0.25, 0.3) is 0 Å². The topological polar surface area (TPSA) is 60.7 Å². The van der Waals surface area contributed by atoms with Crippen LogP contribution in [0.15, 0.2) is 12.2 Å². The quantitative estimate of drug-likeness (QED) is 0.349. The lowest BCUT2D eigenvalue weighted by Gasteiger charge is -2.14. The molecule has 1 atom stereocenters. The smallest absolute Gasteiger partial charge is 0.390 e. The Kier molecular flexibility index (Phi) is 1.72. The fourth-order valence-corrected chi connectivity index (χ4v) is 1.90. The molecule has 1 aliphatic carbocycles. The van der Waals surface area contributed by atoms with Crippen molar-refractivity contribution in [3.63, 3.8) is 0 Å². The number of hydrogen-bond acceptors (Lipinski definition) is 3. The highest BCUT2D eigenvalue weighted by atomic mass is 28.4. The van der Waals surface area contributed by atoms with E-state index in [2.05, 4.69) is 0 Å². The van der Waals surface area contributed by atoms with Crippen LogP contribution in [0.5, 0.6) is 0 Å². The molecule has 0 aromatic rings. The highest BCUT2D eigenvalue weighted by molar-refractivity contribution is 6.58. The number of rotatable bonds is 1. The van der Waals surface area contributed by atoms with Crippen molar-refractivity contribution in [1.82, 2.24) is 0 Å². The van der Waals surface area contributed by atoms with Crippen LogP contribution in [0.4, 0.5) is 0 Å². The molecule has 0 saturated heterocycles. The molecule has 0 heterocycles. The van der Waals surface area contributed by atoms with E-state index in [1.165, 1.54) is 0 Å². The molecule has 0 fully saturated rings. The van der Waals surface area contributed by atoms with Crippen LogP contribution in [0.25, 0.3) is 0 Å². The van der Waals surface area contributed by atoms with E-state index in [0.717, 1.165) is 6.42 Å². The molecule has 1 aliphatic rings. The van der Waals surface area contributed by atoms with Crippen molar-refractivity contribution in [2.75, 3.05) is 0 Å². The summed E-state index contributed by atoms with van der Waals surface area (Å²) in [7, 11) is -3.81. The van der Waals surface area contributed by atoms with Gasteiger partial charge in [-0.25, -0.2) is 0 Å². The Balaban J connectivity index is 2.53. The van der Waals surface area contributed by atoms with Gasteiger partial charge in [0.1, 0.15) is 0 Å². The zero-order valence-corrected chi connectivity index (χ0v) is 5.99. The van der Waals surface area contributed by atoms with Gasteiger partial charge in [-0.2, -0.15) is 0 Å². The van der Waals surface area contributed by atoms with E-state index in [1.807, 2.05) is 6.08 Å². The van der Waals surface area contributed by atoms with E-state index in [-0.39, 0.29) is 5.54 Å². The van der Waals surface area contributed by atoms with Gasteiger partial charge in [-0.05, 0) is 12.8 Å². The van der Waals surface area contributed by atoms with Crippen LogP contribution in [0, 0.1) is 0 Å². The van der Waals surface area contributed by atoms with Gasteiger partial charge in [0.05, 0.1) is 0 Å². The predicted octanol–water partition coefficient (Wildman–Crippen LogP) is -0.378. The average Bonchev–Trinajstić information content (AvgIpc) is 2.08. The van der Waals surface area contributed by atoms with Gasteiger partial charge in [-0.3, -0.25) is 0 Å². The highest BCUT2D eigenvalue weighted by Crippen LogP contribution is 2.27. The van der Waals surface area contributed by atoms with Crippen LogP contribution in [0.3, 0.4) is 0 Å². The molecule has 0 bridgehead atoms. The molecule has 0 aromatic carbocycles. The molecule has 0 amide bonds. The summed E-state index contributed by atoms with van der Waals surface area (Å²) in [5, 5.41) is 0. The molecule has 9 heavy (non-hydrogen) atoms. The molecule has 3 N–H and O–H groups in total. The lowest BCUT2D eigenvalue weighted by Crippen LogP contribution is -2.39. The minimum absolute atomic E-state index is 0.363. The largest absolute Gasteiger partial charge is 0.499 e. The first-order chi connectivity index (χ1) is 4.11. The monoisotopic (exact) mass is 146 g/mol. The summed E-state index contributed by atoms with van der Waals surface area (Å²) in [5.41, 5.74) is -0.363. The fourth-order valence-electron chi connectivity index (χ4n) is 0.955. The lowest BCUT2D eigenvalue weighted by atomic mass is 10.4. The minimum atomic E-state index is -3.81. The second-order valence-corrected chi connectivity index (χ2v) is 4.42. The summed E-state index contributed by atoms with van der Waals surface area (Å²) in [6.45, 7) is 0. The van der Waals surface area contributed by atoms with Crippen molar-refractivity contribution in [2.45, 2.75) is 18.4 Å². The summed E-state index contributed by atoms with van der Waals surface area (Å²) >= 11 is 0. The predicted molar refractivity (Wildman–Crippen MR) is 34.5 cm³/mol. The Morgan fingerprint density at radius 3 is 2.22 bits per heavy atom. The number of hydrogen-bond donors (Lipinski definition) is 3. The Morgan fingerprint density at radius 1 is 1.33 bits per heavy atom. The van der Waals surface area contributed by atoms with Crippen LogP contribution in [-0.4, -0.2) is 23.2 Å². The summed E-state index contributed by atoms with van der Waals surface area (Å²) in [4.78, 5) is 26.1. The van der Waals surface area contributed by atoms with Gasteiger partial charge >= 0.3 is 8.80 Å². The number of allylic oxidation sites excluding steroid dienone is 2. The Bertz CT molecular complexity index is 127. The van der Waals surface area contributed by atoms with Gasteiger partial charge in [-0.15, -0.1) is 0 Å². The molecule has 1 rings (SSSR count). The average molecular weight is 146 g/mol. The standard InChI is InChI=1S/C5H10O3Si/c6-9(7,8)5-3-1-2-4-5/h1,3,5-8H,2,4H2. The first kappa shape index (κ1) is 6.95. The third kappa shape index (κ3) is 1.62. The summed E-state index contributed by atoms with van der Waals surface area (Å²) in [5.74, 6) is 0. The molecule has 0 saturated carbocycles. The van der Waals surface area contributed by atoms with Crippen molar-refractivity contribution >= 4 is 8.80 Å². The van der Waals surface area contributed by atoms with Gasteiger partial charge in [-0.1, -0.05) is 12.2 Å². The van der Waals surface area contributed by atoms with Crippen LogP contribution >= 0.6 is 0 Å². The minimum Gasteiger partial charge on any atom is -0.390 e. The third-order valence-corrected chi connectivity index (χ3v) is 2.99. The first-order valence-electron chi connectivity index (χ1n) is 2.94. The highest BCUT2D eigenvalue weighted by Gasteiger charge is 2.37. The molecule has 1 unspecified atom stereocenters. The van der Waals surface area contributed by atoms with Crippen molar-refractivity contribution in [3.05, 3.63) is 12.2 Å². The molecular weight excluding hydrogens is 136 g/mol. The van der Waals surface area contributed by atoms with E-state index in [0.29, 0.717) is 6.42 Å². The maximum Gasteiger partial charge on any atom is 0.499 e. The van der Waals surface area contributed by atoms with Crippen molar-refractivity contribution in [1.29, 1.82) is 0 Å². The van der Waals surface area contributed by atoms with Crippen LogP contribution in [0.2, 0.25) is 5.54 Å². The van der Waals surface area contributed by atoms with Crippen molar-refractivity contribution in [3.8, 4) is 0 Å². The molecule has 0 radical (unpaired) electrons. The second-order valence-electron chi connectivity index (χ2n) is 2.30. The molecule has 4 heteroatoms. The summed E-state index contributed by atoms with van der Waals surface area (Å²) in [6.07, 6.45) is 5.05. The van der Waals surface area contributed by atoms with Crippen LogP contribution in [-0.2, 0) is 0 Å². The molecule has 3 nitrogen and oxygen atoms in total. The Labute approximate surface area is 54.6 Å². The van der Waals surface area contributed by atoms with Crippen LogP contribution < -0.4 is 0 Å². The van der Waals surface area contributed by atoms with E-state index in [4.69, 9.17) is 14.4 Å².